The molecule has 1 N–H and O–H groups in total. The van der Waals surface area contributed by atoms with E-state index in [2.05, 4.69) is 39.4 Å². The average molecular weight is 446 g/mol. The van der Waals surface area contributed by atoms with E-state index >= 15 is 0 Å². The molecule has 3 aromatic rings. The summed E-state index contributed by atoms with van der Waals surface area (Å²) in [5.74, 6) is 1.29. The number of amides is 1. The van der Waals surface area contributed by atoms with Crippen LogP contribution in [0.1, 0.15) is 18.2 Å². The molecule has 1 amide bonds. The van der Waals surface area contributed by atoms with Crippen molar-refractivity contribution < 1.29 is 13.2 Å². The van der Waals surface area contributed by atoms with Crippen LogP contribution in [0.25, 0.3) is 16.2 Å². The lowest BCUT2D eigenvalue weighted by molar-refractivity contribution is -0.117. The number of rotatable bonds is 5. The van der Waals surface area contributed by atoms with Gasteiger partial charge in [-0.15, -0.1) is 16.4 Å². The van der Waals surface area contributed by atoms with Crippen LogP contribution in [0.3, 0.4) is 0 Å². The van der Waals surface area contributed by atoms with Gasteiger partial charge in [0.25, 0.3) is 0 Å². The molecule has 158 valence electrons. The molecule has 2 atom stereocenters. The van der Waals surface area contributed by atoms with Crippen molar-refractivity contribution in [3.63, 3.8) is 0 Å². The number of nitrogens with one attached hydrogen (secondary N) is 1. The van der Waals surface area contributed by atoms with Gasteiger partial charge in [-0.3, -0.25) is 15.0 Å². The number of carbonyl (C=O) groups excluding carboxylic acids is 1. The summed E-state index contributed by atoms with van der Waals surface area (Å²) in [5, 5.41) is 7.34. The Morgan fingerprint density at radius 2 is 2.00 bits per heavy atom. The summed E-state index contributed by atoms with van der Waals surface area (Å²) in [4.78, 5) is 21.1. The highest BCUT2D eigenvalue weighted by Gasteiger charge is 2.39. The predicted octanol–water partition coefficient (Wildman–Crippen LogP) is 2.28. The number of thiophene rings is 1. The zero-order valence-electron chi connectivity index (χ0n) is 16.6. The van der Waals surface area contributed by atoms with Crippen LogP contribution in [-0.4, -0.2) is 58.4 Å². The van der Waals surface area contributed by atoms with E-state index in [0.29, 0.717) is 30.6 Å². The zero-order valence-corrected chi connectivity index (χ0v) is 18.2. The number of hydrogen-bond donors (Lipinski definition) is 1. The van der Waals surface area contributed by atoms with Crippen LogP contribution in [0.15, 0.2) is 30.3 Å². The van der Waals surface area contributed by atoms with E-state index in [4.69, 9.17) is 0 Å². The minimum atomic E-state index is -2.87. The predicted molar refractivity (Wildman–Crippen MR) is 116 cm³/mol. The molecular weight excluding hydrogens is 422 g/mol. The van der Waals surface area contributed by atoms with E-state index < -0.39 is 9.84 Å². The number of nitrogens with zero attached hydrogens (tertiary/aromatic N) is 4. The number of anilines is 1. The quantitative estimate of drug-likeness (QED) is 0.647. The molecule has 1 saturated carbocycles. The molecule has 0 unspecified atom stereocenters. The molecular formula is C20H23N5O3S2. The van der Waals surface area contributed by atoms with E-state index in [1.54, 1.807) is 15.9 Å². The number of sulfone groups is 1. The normalized spacial score (nSPS) is 23.5. The topological polar surface area (TPSA) is 96.7 Å². The van der Waals surface area contributed by atoms with Gasteiger partial charge in [0.1, 0.15) is 0 Å². The third-order valence-electron chi connectivity index (χ3n) is 5.77. The summed E-state index contributed by atoms with van der Waals surface area (Å²) in [7, 11) is -2.87. The number of hydrogen-bond acceptors (Lipinski definition) is 7. The van der Waals surface area contributed by atoms with Crippen molar-refractivity contribution in [2.24, 2.45) is 11.8 Å². The summed E-state index contributed by atoms with van der Waals surface area (Å²) in [6.45, 7) is 3.97. The first-order chi connectivity index (χ1) is 14.4. The highest BCUT2D eigenvalue weighted by Crippen LogP contribution is 2.38. The molecule has 1 saturated heterocycles. The zero-order chi connectivity index (χ0) is 20.9. The number of aromatic nitrogens is 3. The van der Waals surface area contributed by atoms with Gasteiger partial charge in [-0.05, 0) is 36.6 Å². The maximum atomic E-state index is 12.2. The molecule has 5 rings (SSSR count). The Kier molecular flexibility index (Phi) is 4.87. The van der Waals surface area contributed by atoms with Crippen molar-refractivity contribution in [2.45, 2.75) is 19.9 Å². The first kappa shape index (κ1) is 19.7. The summed E-state index contributed by atoms with van der Waals surface area (Å²) >= 11 is 1.67. The lowest BCUT2D eigenvalue weighted by atomic mass is 10.3. The fraction of sp³-hybridized carbons (Fsp3) is 0.450. The molecule has 0 spiro atoms. The molecule has 0 radical (unpaired) electrons. The molecule has 1 aliphatic heterocycles. The van der Waals surface area contributed by atoms with Crippen LogP contribution in [0, 0.1) is 11.8 Å². The second-order valence-corrected chi connectivity index (χ2v) is 11.6. The van der Waals surface area contributed by atoms with Crippen molar-refractivity contribution in [3.05, 3.63) is 35.2 Å². The second kappa shape index (κ2) is 7.44. The van der Waals surface area contributed by atoms with E-state index in [1.807, 2.05) is 18.2 Å². The second-order valence-electron chi connectivity index (χ2n) is 8.12. The molecule has 3 aromatic heterocycles. The van der Waals surface area contributed by atoms with Crippen LogP contribution >= 0.6 is 11.3 Å². The largest absolute Gasteiger partial charge is 0.296 e. The van der Waals surface area contributed by atoms with Gasteiger partial charge >= 0.3 is 0 Å². The van der Waals surface area contributed by atoms with Crippen LogP contribution in [-0.2, 0) is 21.2 Å². The first-order valence-electron chi connectivity index (χ1n) is 10.1. The Bertz CT molecular complexity index is 1200. The minimum absolute atomic E-state index is 0.0121. The minimum Gasteiger partial charge on any atom is -0.296 e. The maximum Gasteiger partial charge on any atom is 0.249 e. The smallest absolute Gasteiger partial charge is 0.249 e. The summed E-state index contributed by atoms with van der Waals surface area (Å²) in [5.41, 5.74) is 1.60. The van der Waals surface area contributed by atoms with Crippen molar-refractivity contribution in [2.75, 3.05) is 29.9 Å². The fourth-order valence-electron chi connectivity index (χ4n) is 3.76. The van der Waals surface area contributed by atoms with Gasteiger partial charge in [0.15, 0.2) is 15.5 Å². The molecule has 4 heterocycles. The van der Waals surface area contributed by atoms with Gasteiger partial charge in [-0.25, -0.2) is 12.9 Å². The van der Waals surface area contributed by atoms with Crippen molar-refractivity contribution in [1.82, 2.24) is 19.5 Å². The van der Waals surface area contributed by atoms with Crippen LogP contribution in [0.2, 0.25) is 0 Å². The molecule has 1 aliphatic carbocycles. The Labute approximate surface area is 178 Å². The third kappa shape index (κ3) is 3.99. The number of fused-ring (bicyclic) bond motifs is 1. The van der Waals surface area contributed by atoms with Crippen molar-refractivity contribution in [1.29, 1.82) is 0 Å². The summed E-state index contributed by atoms with van der Waals surface area (Å²) in [6, 6.07) is 9.92. The number of pyridine rings is 1. The Morgan fingerprint density at radius 1 is 1.23 bits per heavy atom. The van der Waals surface area contributed by atoms with Crippen LogP contribution in [0.5, 0.6) is 0 Å². The Hall–Kier alpha value is -2.30. The van der Waals surface area contributed by atoms with E-state index in [1.165, 1.54) is 4.88 Å². The maximum absolute atomic E-state index is 12.2. The lowest BCUT2D eigenvalue weighted by Gasteiger charge is -2.25. The average Bonchev–Trinajstić information content (AvgIpc) is 3.10. The van der Waals surface area contributed by atoms with Gasteiger partial charge in [-0.1, -0.05) is 13.0 Å². The van der Waals surface area contributed by atoms with E-state index in [-0.39, 0.29) is 23.3 Å². The molecule has 30 heavy (non-hydrogen) atoms. The van der Waals surface area contributed by atoms with Gasteiger partial charge in [-0.2, -0.15) is 4.98 Å². The SMILES string of the molecule is C[C@@H]1C[C@H]1C(=O)Nc1nc2cccc(-c3ccc(CN4CCS(=O)(=O)CC4)s3)n2n1. The summed E-state index contributed by atoms with van der Waals surface area (Å²) < 4.78 is 25.0. The van der Waals surface area contributed by atoms with Gasteiger partial charge in [0, 0.05) is 30.4 Å². The molecule has 0 bridgehead atoms. The fourth-order valence-corrected chi connectivity index (χ4v) is 6.10. The molecule has 10 heteroatoms. The highest BCUT2D eigenvalue weighted by atomic mass is 32.2. The van der Waals surface area contributed by atoms with Crippen LogP contribution < -0.4 is 5.32 Å². The van der Waals surface area contributed by atoms with Gasteiger partial charge in [0.2, 0.25) is 11.9 Å². The highest BCUT2D eigenvalue weighted by molar-refractivity contribution is 7.91. The molecule has 0 aromatic carbocycles. The van der Waals surface area contributed by atoms with Gasteiger partial charge in [0.05, 0.1) is 22.1 Å². The van der Waals surface area contributed by atoms with Gasteiger partial charge < -0.3 is 0 Å². The van der Waals surface area contributed by atoms with Crippen molar-refractivity contribution >= 4 is 38.7 Å². The Morgan fingerprint density at radius 3 is 2.73 bits per heavy atom. The van der Waals surface area contributed by atoms with E-state index in [9.17, 15) is 13.2 Å². The summed E-state index contributed by atoms with van der Waals surface area (Å²) in [6.07, 6.45) is 0.922. The number of carbonyl (C=O) groups is 1. The van der Waals surface area contributed by atoms with E-state index in [0.717, 1.165) is 23.5 Å². The molecule has 2 fully saturated rings. The van der Waals surface area contributed by atoms with Crippen LogP contribution in [0.4, 0.5) is 5.95 Å². The molecule has 2 aliphatic rings. The lowest BCUT2D eigenvalue weighted by Crippen LogP contribution is -2.39. The third-order valence-corrected chi connectivity index (χ3v) is 8.47. The standard InChI is InChI=1S/C20H23N5O3S2/c1-13-11-15(13)19(26)22-20-21-18-4-2-3-16(25(18)23-20)17-6-5-14(29-17)12-24-7-9-30(27,28)10-8-24/h2-6,13,15H,7-12H2,1H3,(H,22,23,26)/t13-,15-/m1/s1. The Balaban J connectivity index is 1.34. The molecule has 8 nitrogen and oxygen atoms in total. The first-order valence-corrected chi connectivity index (χ1v) is 12.7. The van der Waals surface area contributed by atoms with Crippen molar-refractivity contribution in [3.8, 4) is 10.6 Å². The monoisotopic (exact) mass is 445 g/mol.